The first kappa shape index (κ1) is 25.0. The fourth-order valence-electron chi connectivity index (χ4n) is 3.13. The van der Waals surface area contributed by atoms with Crippen molar-refractivity contribution >= 4 is 50.7 Å². The maximum absolute atomic E-state index is 13.3. The summed E-state index contributed by atoms with van der Waals surface area (Å²) in [6.45, 7) is 1.34. The van der Waals surface area contributed by atoms with Crippen LogP contribution in [-0.2, 0) is 26.2 Å². The standard InChI is InChI=1S/C21H25Cl2N3O4S/c1-4-19(21(28)24-2)25(13-15-10-11-16(22)12-18(15)23)20(27)14-26(31(3,29)30)17-8-6-5-7-9-17/h5-12,19H,4,13-14H2,1-3H3,(H,24,28)/t19-/m0/s1. The van der Waals surface area contributed by atoms with Crippen LogP contribution in [0.25, 0.3) is 0 Å². The lowest BCUT2D eigenvalue weighted by molar-refractivity contribution is -0.140. The fraction of sp³-hybridized carbons (Fsp3) is 0.333. The summed E-state index contributed by atoms with van der Waals surface area (Å²) in [4.78, 5) is 27.2. The van der Waals surface area contributed by atoms with Crippen molar-refractivity contribution < 1.29 is 18.0 Å². The monoisotopic (exact) mass is 485 g/mol. The van der Waals surface area contributed by atoms with Crippen LogP contribution in [0.4, 0.5) is 5.69 Å². The third-order valence-electron chi connectivity index (χ3n) is 4.71. The van der Waals surface area contributed by atoms with Crippen molar-refractivity contribution in [1.82, 2.24) is 10.2 Å². The summed E-state index contributed by atoms with van der Waals surface area (Å²) < 4.78 is 25.8. The van der Waals surface area contributed by atoms with Gasteiger partial charge in [0, 0.05) is 23.6 Å². The van der Waals surface area contributed by atoms with Crippen molar-refractivity contribution in [2.45, 2.75) is 25.9 Å². The van der Waals surface area contributed by atoms with Gasteiger partial charge >= 0.3 is 0 Å². The summed E-state index contributed by atoms with van der Waals surface area (Å²) in [5.41, 5.74) is 0.947. The highest BCUT2D eigenvalue weighted by atomic mass is 35.5. The molecule has 0 unspecified atom stereocenters. The zero-order valence-electron chi connectivity index (χ0n) is 17.5. The van der Waals surface area contributed by atoms with Crippen molar-refractivity contribution in [3.8, 4) is 0 Å². The number of nitrogens with one attached hydrogen (secondary N) is 1. The molecule has 7 nitrogen and oxygen atoms in total. The van der Waals surface area contributed by atoms with Gasteiger partial charge in [-0.2, -0.15) is 0 Å². The average molecular weight is 486 g/mol. The van der Waals surface area contributed by atoms with Gasteiger partial charge in [-0.15, -0.1) is 0 Å². The van der Waals surface area contributed by atoms with E-state index >= 15 is 0 Å². The molecule has 0 bridgehead atoms. The molecule has 2 rings (SSSR count). The maximum atomic E-state index is 13.3. The van der Waals surface area contributed by atoms with Crippen molar-refractivity contribution in [3.63, 3.8) is 0 Å². The van der Waals surface area contributed by atoms with Gasteiger partial charge in [-0.05, 0) is 36.2 Å². The molecule has 0 saturated heterocycles. The van der Waals surface area contributed by atoms with E-state index in [1.165, 1.54) is 11.9 Å². The van der Waals surface area contributed by atoms with Gasteiger partial charge in [-0.3, -0.25) is 13.9 Å². The normalized spacial score (nSPS) is 12.2. The minimum absolute atomic E-state index is 0.0210. The van der Waals surface area contributed by atoms with E-state index in [2.05, 4.69) is 5.32 Å². The Morgan fingerprint density at radius 2 is 1.74 bits per heavy atom. The van der Waals surface area contributed by atoms with Gasteiger partial charge in [-0.1, -0.05) is 54.4 Å². The van der Waals surface area contributed by atoms with Crippen molar-refractivity contribution in [3.05, 3.63) is 64.1 Å². The molecule has 0 fully saturated rings. The Morgan fingerprint density at radius 1 is 1.10 bits per heavy atom. The van der Waals surface area contributed by atoms with E-state index in [1.54, 1.807) is 55.5 Å². The summed E-state index contributed by atoms with van der Waals surface area (Å²) >= 11 is 12.2. The molecule has 168 valence electrons. The highest BCUT2D eigenvalue weighted by molar-refractivity contribution is 7.92. The number of sulfonamides is 1. The second kappa shape index (κ2) is 10.8. The molecule has 0 aliphatic rings. The number of anilines is 1. The van der Waals surface area contributed by atoms with Crippen LogP contribution in [0.15, 0.2) is 48.5 Å². The van der Waals surface area contributed by atoms with Gasteiger partial charge in [0.2, 0.25) is 21.8 Å². The molecule has 10 heteroatoms. The molecule has 0 saturated carbocycles. The largest absolute Gasteiger partial charge is 0.357 e. The van der Waals surface area contributed by atoms with E-state index in [-0.39, 0.29) is 12.5 Å². The predicted molar refractivity (Wildman–Crippen MR) is 124 cm³/mol. The lowest BCUT2D eigenvalue weighted by Crippen LogP contribution is -2.51. The number of halogens is 2. The minimum Gasteiger partial charge on any atom is -0.357 e. The summed E-state index contributed by atoms with van der Waals surface area (Å²) in [6, 6.07) is 12.4. The number of likely N-dealkylation sites (N-methyl/N-ethyl adjacent to an activating group) is 1. The smallest absolute Gasteiger partial charge is 0.244 e. The zero-order valence-corrected chi connectivity index (χ0v) is 19.8. The highest BCUT2D eigenvalue weighted by Crippen LogP contribution is 2.24. The average Bonchev–Trinajstić information content (AvgIpc) is 2.72. The molecule has 31 heavy (non-hydrogen) atoms. The fourth-order valence-corrected chi connectivity index (χ4v) is 4.45. The Kier molecular flexibility index (Phi) is 8.73. The zero-order chi connectivity index (χ0) is 23.2. The number of hydrogen-bond donors (Lipinski definition) is 1. The molecule has 1 N–H and O–H groups in total. The molecule has 0 aromatic heterocycles. The minimum atomic E-state index is -3.75. The molecule has 2 amide bonds. The molecular formula is C21H25Cl2N3O4S. The number of benzene rings is 2. The second-order valence-electron chi connectivity index (χ2n) is 6.90. The SMILES string of the molecule is CC[C@@H](C(=O)NC)N(Cc1ccc(Cl)cc1Cl)C(=O)CN(c1ccccc1)S(C)(=O)=O. The molecule has 0 aliphatic carbocycles. The molecule has 1 atom stereocenters. The summed E-state index contributed by atoms with van der Waals surface area (Å²) in [6.07, 6.45) is 1.37. The van der Waals surface area contributed by atoms with Crippen LogP contribution in [0.1, 0.15) is 18.9 Å². The van der Waals surface area contributed by atoms with Gasteiger partial charge < -0.3 is 10.2 Å². The first-order valence-corrected chi connectivity index (χ1v) is 12.2. The third kappa shape index (κ3) is 6.59. The number of carbonyl (C=O) groups excluding carboxylic acids is 2. The van der Waals surface area contributed by atoms with Crippen molar-refractivity contribution in [2.24, 2.45) is 0 Å². The van der Waals surface area contributed by atoms with Crippen LogP contribution >= 0.6 is 23.2 Å². The maximum Gasteiger partial charge on any atom is 0.244 e. The van der Waals surface area contributed by atoms with Crippen LogP contribution in [0.3, 0.4) is 0 Å². The van der Waals surface area contributed by atoms with Gasteiger partial charge in [0.05, 0.1) is 11.9 Å². The molecule has 2 aromatic rings. The highest BCUT2D eigenvalue weighted by Gasteiger charge is 2.31. The molecular weight excluding hydrogens is 461 g/mol. The molecule has 0 radical (unpaired) electrons. The quantitative estimate of drug-likeness (QED) is 0.589. The van der Waals surface area contributed by atoms with E-state index in [4.69, 9.17) is 23.2 Å². The molecule has 0 heterocycles. The van der Waals surface area contributed by atoms with Gasteiger partial charge in [0.25, 0.3) is 0 Å². The number of amides is 2. The summed E-state index contributed by atoms with van der Waals surface area (Å²) in [7, 11) is -2.27. The first-order valence-electron chi connectivity index (χ1n) is 9.56. The van der Waals surface area contributed by atoms with Crippen LogP contribution in [-0.4, -0.2) is 51.0 Å². The van der Waals surface area contributed by atoms with Crippen molar-refractivity contribution in [2.75, 3.05) is 24.2 Å². The first-order chi connectivity index (χ1) is 14.6. The Morgan fingerprint density at radius 3 is 2.26 bits per heavy atom. The van der Waals surface area contributed by atoms with E-state index in [0.717, 1.165) is 10.6 Å². The number of nitrogens with zero attached hydrogens (tertiary/aromatic N) is 2. The van der Waals surface area contributed by atoms with E-state index < -0.39 is 28.5 Å². The van der Waals surface area contributed by atoms with Crippen LogP contribution in [0.2, 0.25) is 10.0 Å². The molecule has 0 aliphatic heterocycles. The topological polar surface area (TPSA) is 86.8 Å². The molecule has 2 aromatic carbocycles. The Balaban J connectivity index is 2.43. The van der Waals surface area contributed by atoms with Gasteiger partial charge in [0.1, 0.15) is 12.6 Å². The number of rotatable bonds is 9. The number of carbonyl (C=O) groups is 2. The van der Waals surface area contributed by atoms with Gasteiger partial charge in [-0.25, -0.2) is 8.42 Å². The summed E-state index contributed by atoms with van der Waals surface area (Å²) in [5, 5.41) is 3.35. The summed E-state index contributed by atoms with van der Waals surface area (Å²) in [5.74, 6) is -0.887. The number of para-hydroxylation sites is 1. The van der Waals surface area contributed by atoms with E-state index in [9.17, 15) is 18.0 Å². The predicted octanol–water partition coefficient (Wildman–Crippen LogP) is 3.31. The second-order valence-corrected chi connectivity index (χ2v) is 9.65. The molecule has 0 spiro atoms. The van der Waals surface area contributed by atoms with Gasteiger partial charge in [0.15, 0.2) is 0 Å². The van der Waals surface area contributed by atoms with Crippen LogP contribution in [0, 0.1) is 0 Å². The number of hydrogen-bond acceptors (Lipinski definition) is 4. The Hall–Kier alpha value is -2.29. The lowest BCUT2D eigenvalue weighted by atomic mass is 10.1. The van der Waals surface area contributed by atoms with E-state index in [1.807, 2.05) is 0 Å². The van der Waals surface area contributed by atoms with Crippen molar-refractivity contribution in [1.29, 1.82) is 0 Å². The lowest BCUT2D eigenvalue weighted by Gasteiger charge is -2.32. The Bertz CT molecular complexity index is 1030. The third-order valence-corrected chi connectivity index (χ3v) is 6.44. The van der Waals surface area contributed by atoms with Crippen LogP contribution in [0.5, 0.6) is 0 Å². The van der Waals surface area contributed by atoms with Crippen LogP contribution < -0.4 is 9.62 Å². The Labute approximate surface area is 193 Å². The van der Waals surface area contributed by atoms with E-state index in [0.29, 0.717) is 27.7 Å².